The molecule has 1 aliphatic carbocycles. The van der Waals surface area contributed by atoms with Gasteiger partial charge in [-0.2, -0.15) is 0 Å². The van der Waals surface area contributed by atoms with E-state index in [0.29, 0.717) is 0 Å². The molecular weight excluding hydrogens is 244 g/mol. The highest BCUT2D eigenvalue weighted by Gasteiger charge is 2.29. The second-order valence-electron chi connectivity index (χ2n) is 6.56. The van der Waals surface area contributed by atoms with Gasteiger partial charge in [0.25, 0.3) is 0 Å². The van der Waals surface area contributed by atoms with Crippen molar-refractivity contribution in [3.63, 3.8) is 0 Å². The van der Waals surface area contributed by atoms with Crippen LogP contribution in [-0.4, -0.2) is 24.0 Å². The molecule has 2 N–H and O–H groups in total. The molecule has 1 fully saturated rings. The summed E-state index contributed by atoms with van der Waals surface area (Å²) in [4.78, 5) is 2.68. The van der Waals surface area contributed by atoms with Crippen LogP contribution in [0.1, 0.15) is 45.1 Å². The lowest BCUT2D eigenvalue weighted by Crippen LogP contribution is -2.43. The van der Waals surface area contributed by atoms with Crippen molar-refractivity contribution in [1.29, 1.82) is 0 Å². The van der Waals surface area contributed by atoms with E-state index in [-0.39, 0.29) is 0 Å². The molecule has 0 heterocycles. The summed E-state index contributed by atoms with van der Waals surface area (Å²) in [6.07, 6.45) is 5.22. The van der Waals surface area contributed by atoms with Gasteiger partial charge in [0, 0.05) is 12.6 Å². The quantitative estimate of drug-likeness (QED) is 0.857. The molecule has 0 aromatic heterocycles. The Morgan fingerprint density at radius 1 is 1.15 bits per heavy atom. The molecule has 1 saturated carbocycles. The second-order valence-corrected chi connectivity index (χ2v) is 6.56. The smallest absolute Gasteiger partial charge is 0.0236 e. The summed E-state index contributed by atoms with van der Waals surface area (Å²) >= 11 is 0. The van der Waals surface area contributed by atoms with Crippen LogP contribution in [0.3, 0.4) is 0 Å². The predicted octanol–water partition coefficient (Wildman–Crippen LogP) is 3.66. The van der Waals surface area contributed by atoms with E-state index in [0.717, 1.165) is 43.9 Å². The van der Waals surface area contributed by atoms with E-state index < -0.39 is 0 Å². The van der Waals surface area contributed by atoms with Gasteiger partial charge in [-0.05, 0) is 49.8 Å². The Labute approximate surface area is 124 Å². The third-order valence-corrected chi connectivity index (χ3v) is 4.76. The van der Waals surface area contributed by atoms with Crippen molar-refractivity contribution < 1.29 is 0 Å². The van der Waals surface area contributed by atoms with Crippen molar-refractivity contribution in [2.24, 2.45) is 17.6 Å². The van der Waals surface area contributed by atoms with Crippen molar-refractivity contribution in [2.75, 3.05) is 13.1 Å². The minimum absolute atomic E-state index is 0.727. The number of hydrogen-bond donors (Lipinski definition) is 1. The molecule has 0 spiro atoms. The highest BCUT2D eigenvalue weighted by molar-refractivity contribution is 5.14. The van der Waals surface area contributed by atoms with Gasteiger partial charge in [0.1, 0.15) is 0 Å². The van der Waals surface area contributed by atoms with Gasteiger partial charge in [0.15, 0.2) is 0 Å². The first-order chi connectivity index (χ1) is 9.70. The van der Waals surface area contributed by atoms with E-state index in [1.165, 1.54) is 24.8 Å². The Kier molecular flexibility index (Phi) is 6.06. The molecule has 2 rings (SSSR count). The number of rotatable bonds is 6. The molecule has 2 heteroatoms. The lowest BCUT2D eigenvalue weighted by molar-refractivity contribution is 0.0833. The Balaban J connectivity index is 2.05. The highest BCUT2D eigenvalue weighted by Crippen LogP contribution is 2.32. The Morgan fingerprint density at radius 3 is 2.60 bits per heavy atom. The molecule has 1 aromatic carbocycles. The van der Waals surface area contributed by atoms with Gasteiger partial charge < -0.3 is 5.73 Å². The average molecular weight is 274 g/mol. The van der Waals surface area contributed by atoms with Crippen LogP contribution in [-0.2, 0) is 6.54 Å². The summed E-state index contributed by atoms with van der Waals surface area (Å²) in [5.41, 5.74) is 7.16. The lowest BCUT2D eigenvalue weighted by Gasteiger charge is -2.41. The zero-order chi connectivity index (χ0) is 14.4. The Morgan fingerprint density at radius 2 is 1.90 bits per heavy atom. The van der Waals surface area contributed by atoms with E-state index in [1.54, 1.807) is 0 Å². The molecule has 20 heavy (non-hydrogen) atoms. The van der Waals surface area contributed by atoms with E-state index in [2.05, 4.69) is 49.1 Å². The zero-order valence-electron chi connectivity index (χ0n) is 13.1. The Hall–Kier alpha value is -0.860. The molecule has 0 saturated heterocycles. The van der Waals surface area contributed by atoms with E-state index in [1.807, 2.05) is 0 Å². The number of benzene rings is 1. The number of nitrogens with two attached hydrogens (primary N) is 1. The monoisotopic (exact) mass is 274 g/mol. The summed E-state index contributed by atoms with van der Waals surface area (Å²) in [5.74, 6) is 1.68. The first-order valence-electron chi connectivity index (χ1n) is 8.18. The highest BCUT2D eigenvalue weighted by atomic mass is 15.2. The first kappa shape index (κ1) is 15.5. The molecule has 3 unspecified atom stereocenters. The average Bonchev–Trinajstić information content (AvgIpc) is 2.47. The molecule has 0 bridgehead atoms. The van der Waals surface area contributed by atoms with Crippen LogP contribution in [0.4, 0.5) is 0 Å². The van der Waals surface area contributed by atoms with Crippen LogP contribution in [0.5, 0.6) is 0 Å². The molecular formula is C18H30N2. The maximum atomic E-state index is 5.74. The van der Waals surface area contributed by atoms with Crippen molar-refractivity contribution in [3.05, 3.63) is 35.9 Å². The van der Waals surface area contributed by atoms with Crippen molar-refractivity contribution in [2.45, 2.75) is 52.1 Å². The number of hydrogen-bond acceptors (Lipinski definition) is 2. The molecule has 1 aromatic rings. The van der Waals surface area contributed by atoms with Crippen LogP contribution in [0.15, 0.2) is 30.3 Å². The van der Waals surface area contributed by atoms with Gasteiger partial charge in [-0.15, -0.1) is 0 Å². The lowest BCUT2D eigenvalue weighted by atomic mass is 9.79. The molecule has 0 aliphatic heterocycles. The molecule has 0 radical (unpaired) electrons. The number of nitrogens with zero attached hydrogens (tertiary/aromatic N) is 1. The second kappa shape index (κ2) is 7.80. The van der Waals surface area contributed by atoms with E-state index in [4.69, 9.17) is 5.73 Å². The van der Waals surface area contributed by atoms with Gasteiger partial charge >= 0.3 is 0 Å². The summed E-state index contributed by atoms with van der Waals surface area (Å²) < 4.78 is 0. The van der Waals surface area contributed by atoms with Crippen molar-refractivity contribution in [1.82, 2.24) is 4.90 Å². The molecule has 112 valence electrons. The van der Waals surface area contributed by atoms with E-state index >= 15 is 0 Å². The summed E-state index contributed by atoms with van der Waals surface area (Å²) in [5, 5.41) is 0. The van der Waals surface area contributed by atoms with Gasteiger partial charge in [0.2, 0.25) is 0 Å². The summed E-state index contributed by atoms with van der Waals surface area (Å²) in [6, 6.07) is 11.6. The van der Waals surface area contributed by atoms with Gasteiger partial charge in [-0.25, -0.2) is 0 Å². The zero-order valence-corrected chi connectivity index (χ0v) is 13.1. The summed E-state index contributed by atoms with van der Waals surface area (Å²) in [6.45, 7) is 7.83. The van der Waals surface area contributed by atoms with Crippen LogP contribution in [0, 0.1) is 11.8 Å². The van der Waals surface area contributed by atoms with Crippen molar-refractivity contribution >= 4 is 0 Å². The molecule has 3 atom stereocenters. The third-order valence-electron chi connectivity index (χ3n) is 4.76. The minimum atomic E-state index is 0.727. The van der Waals surface area contributed by atoms with Crippen LogP contribution >= 0.6 is 0 Å². The predicted molar refractivity (Wildman–Crippen MR) is 86.5 cm³/mol. The maximum absolute atomic E-state index is 5.74. The standard InChI is InChI=1S/C18H30N2/c1-15-9-10-16(2)18(13-15)20(12-6-11-19)14-17-7-4-3-5-8-17/h3-5,7-8,15-16,18H,6,9-14,19H2,1-2H3. The van der Waals surface area contributed by atoms with Crippen LogP contribution in [0.2, 0.25) is 0 Å². The molecule has 1 aliphatic rings. The fraction of sp³-hybridized carbons (Fsp3) is 0.667. The first-order valence-corrected chi connectivity index (χ1v) is 8.18. The van der Waals surface area contributed by atoms with Gasteiger partial charge in [-0.3, -0.25) is 4.90 Å². The maximum Gasteiger partial charge on any atom is 0.0236 e. The Bertz CT molecular complexity index is 376. The van der Waals surface area contributed by atoms with Gasteiger partial charge in [0.05, 0.1) is 0 Å². The normalized spacial score (nSPS) is 26.9. The van der Waals surface area contributed by atoms with Crippen molar-refractivity contribution in [3.8, 4) is 0 Å². The fourth-order valence-corrected chi connectivity index (χ4v) is 3.49. The summed E-state index contributed by atoms with van der Waals surface area (Å²) in [7, 11) is 0. The molecule has 0 amide bonds. The molecule has 2 nitrogen and oxygen atoms in total. The largest absolute Gasteiger partial charge is 0.330 e. The topological polar surface area (TPSA) is 29.3 Å². The SMILES string of the molecule is CC1CCC(C)C(N(CCCN)Cc2ccccc2)C1. The van der Waals surface area contributed by atoms with Gasteiger partial charge in [-0.1, -0.05) is 50.6 Å². The fourth-order valence-electron chi connectivity index (χ4n) is 3.49. The van der Waals surface area contributed by atoms with E-state index in [9.17, 15) is 0 Å². The van der Waals surface area contributed by atoms with Crippen LogP contribution in [0.25, 0.3) is 0 Å². The van der Waals surface area contributed by atoms with Crippen LogP contribution < -0.4 is 5.73 Å². The third kappa shape index (κ3) is 4.32. The minimum Gasteiger partial charge on any atom is -0.330 e.